The summed E-state index contributed by atoms with van der Waals surface area (Å²) in [6.45, 7) is 3.42. The van der Waals surface area contributed by atoms with Crippen molar-refractivity contribution in [1.29, 1.82) is 0 Å². The highest BCUT2D eigenvalue weighted by atomic mass is 32.2. The molecular formula is C16H17NO2S. The zero-order valence-corrected chi connectivity index (χ0v) is 12.4. The van der Waals surface area contributed by atoms with Crippen LogP contribution in [0.2, 0.25) is 0 Å². The van der Waals surface area contributed by atoms with E-state index in [2.05, 4.69) is 4.98 Å². The third-order valence-corrected chi connectivity index (χ3v) is 4.14. The summed E-state index contributed by atoms with van der Waals surface area (Å²) in [5.74, 6) is -0.804. The molecule has 1 aromatic carbocycles. The second-order valence-corrected chi connectivity index (χ2v) is 6.80. The minimum atomic E-state index is -0.815. The molecule has 2 rings (SSSR count). The summed E-state index contributed by atoms with van der Waals surface area (Å²) in [5, 5.41) is 9.12. The maximum atomic E-state index is 11.1. The molecule has 4 heteroatoms. The Morgan fingerprint density at radius 1 is 1.20 bits per heavy atom. The van der Waals surface area contributed by atoms with Gasteiger partial charge in [-0.25, -0.2) is 0 Å². The van der Waals surface area contributed by atoms with Crippen molar-refractivity contribution in [3.63, 3.8) is 0 Å². The minimum absolute atomic E-state index is 0.804. The van der Waals surface area contributed by atoms with Crippen LogP contribution in [-0.2, 0) is 11.2 Å². The number of benzene rings is 1. The summed E-state index contributed by atoms with van der Waals surface area (Å²) in [7, 11) is 0. The quantitative estimate of drug-likeness (QED) is 0.853. The van der Waals surface area contributed by atoms with Gasteiger partial charge >= 0.3 is 5.97 Å². The number of rotatable bonds is 5. The van der Waals surface area contributed by atoms with Crippen LogP contribution in [0.3, 0.4) is 0 Å². The Hall–Kier alpha value is -1.81. The summed E-state index contributed by atoms with van der Waals surface area (Å²) >= 11 is 1.36. The van der Waals surface area contributed by atoms with E-state index in [4.69, 9.17) is 5.11 Å². The third-order valence-electron chi connectivity index (χ3n) is 2.94. The molecule has 0 amide bonds. The van der Waals surface area contributed by atoms with E-state index in [0.29, 0.717) is 0 Å². The molecule has 0 aliphatic rings. The van der Waals surface area contributed by atoms with Crippen LogP contribution in [0.1, 0.15) is 25.0 Å². The second-order valence-electron chi connectivity index (χ2n) is 5.10. The van der Waals surface area contributed by atoms with Crippen molar-refractivity contribution in [2.75, 3.05) is 0 Å². The predicted octanol–water partition coefficient (Wildman–Crippen LogP) is 3.63. The van der Waals surface area contributed by atoms with Crippen LogP contribution in [0.15, 0.2) is 53.7 Å². The molecule has 0 aliphatic carbocycles. The highest BCUT2D eigenvalue weighted by Gasteiger charge is 2.28. The lowest BCUT2D eigenvalue weighted by Gasteiger charge is -2.18. The first-order valence-electron chi connectivity index (χ1n) is 6.37. The molecule has 1 heterocycles. The number of carbonyl (C=O) groups is 1. The molecule has 1 N–H and O–H groups in total. The van der Waals surface area contributed by atoms with E-state index in [9.17, 15) is 4.79 Å². The Morgan fingerprint density at radius 2 is 1.90 bits per heavy atom. The average molecular weight is 287 g/mol. The van der Waals surface area contributed by atoms with Crippen molar-refractivity contribution in [3.8, 4) is 0 Å². The molecule has 0 saturated heterocycles. The highest BCUT2D eigenvalue weighted by Crippen LogP contribution is 2.32. The Kier molecular flexibility index (Phi) is 4.45. The highest BCUT2D eigenvalue weighted by molar-refractivity contribution is 8.01. The van der Waals surface area contributed by atoms with Crippen molar-refractivity contribution in [3.05, 3.63) is 59.9 Å². The van der Waals surface area contributed by atoms with E-state index in [1.165, 1.54) is 22.9 Å². The molecule has 2 aromatic rings. The summed E-state index contributed by atoms with van der Waals surface area (Å²) in [4.78, 5) is 16.2. The smallest absolute Gasteiger partial charge is 0.319 e. The third kappa shape index (κ3) is 3.84. The molecule has 1 aromatic heterocycles. The van der Waals surface area contributed by atoms with Crippen LogP contribution in [0.25, 0.3) is 0 Å². The van der Waals surface area contributed by atoms with Gasteiger partial charge in [0.2, 0.25) is 0 Å². The van der Waals surface area contributed by atoms with Gasteiger partial charge in [0, 0.05) is 17.3 Å². The summed E-state index contributed by atoms with van der Waals surface area (Å²) in [6.07, 6.45) is 4.45. The van der Waals surface area contributed by atoms with E-state index in [1.807, 2.05) is 42.6 Å². The summed E-state index contributed by atoms with van der Waals surface area (Å²) in [5.41, 5.74) is 2.36. The lowest BCUT2D eigenvalue weighted by atomic mass is 10.1. The normalized spacial score (nSPS) is 11.3. The number of pyridine rings is 1. The maximum absolute atomic E-state index is 11.1. The van der Waals surface area contributed by atoms with Gasteiger partial charge in [-0.1, -0.05) is 18.2 Å². The number of carboxylic acid groups (broad SMARTS) is 1. The molecule has 0 aliphatic heterocycles. The molecule has 0 radical (unpaired) electrons. The Labute approximate surface area is 123 Å². The number of nitrogens with zero attached hydrogens (tertiary/aromatic N) is 1. The zero-order chi connectivity index (χ0) is 14.6. The van der Waals surface area contributed by atoms with Gasteiger partial charge in [0.25, 0.3) is 0 Å². The molecule has 0 bridgehead atoms. The van der Waals surface area contributed by atoms with Crippen molar-refractivity contribution in [2.45, 2.75) is 29.9 Å². The van der Waals surface area contributed by atoms with Gasteiger partial charge in [-0.05, 0) is 49.6 Å². The number of aromatic nitrogens is 1. The van der Waals surface area contributed by atoms with Gasteiger partial charge in [-0.15, -0.1) is 11.8 Å². The Bertz CT molecular complexity index is 579. The molecule has 20 heavy (non-hydrogen) atoms. The van der Waals surface area contributed by atoms with Crippen LogP contribution >= 0.6 is 11.8 Å². The summed E-state index contributed by atoms with van der Waals surface area (Å²) < 4.78 is -0.815. The SMILES string of the molecule is CC(C)(Sc1ccc(Cc2cccnc2)cc1)C(=O)O. The molecule has 0 saturated carbocycles. The fourth-order valence-electron chi connectivity index (χ4n) is 1.75. The molecule has 0 fully saturated rings. The monoisotopic (exact) mass is 287 g/mol. The van der Waals surface area contributed by atoms with Crippen molar-refractivity contribution >= 4 is 17.7 Å². The van der Waals surface area contributed by atoms with Gasteiger partial charge in [0.05, 0.1) is 0 Å². The van der Waals surface area contributed by atoms with Crippen LogP contribution in [0, 0.1) is 0 Å². The minimum Gasteiger partial charge on any atom is -0.480 e. The van der Waals surface area contributed by atoms with E-state index in [-0.39, 0.29) is 0 Å². The van der Waals surface area contributed by atoms with E-state index < -0.39 is 10.7 Å². The van der Waals surface area contributed by atoms with Crippen molar-refractivity contribution in [2.24, 2.45) is 0 Å². The van der Waals surface area contributed by atoms with Crippen molar-refractivity contribution in [1.82, 2.24) is 4.98 Å². The molecule has 0 unspecified atom stereocenters. The number of hydrogen-bond acceptors (Lipinski definition) is 3. The lowest BCUT2D eigenvalue weighted by molar-refractivity contribution is -0.138. The largest absolute Gasteiger partial charge is 0.480 e. The number of carboxylic acids is 1. The first-order chi connectivity index (χ1) is 9.47. The van der Waals surface area contributed by atoms with Gasteiger partial charge in [0.1, 0.15) is 4.75 Å². The maximum Gasteiger partial charge on any atom is 0.319 e. The number of aliphatic carboxylic acids is 1. The zero-order valence-electron chi connectivity index (χ0n) is 11.5. The summed E-state index contributed by atoms with van der Waals surface area (Å²) in [6, 6.07) is 12.0. The fraction of sp³-hybridized carbons (Fsp3) is 0.250. The van der Waals surface area contributed by atoms with Gasteiger partial charge in [-0.2, -0.15) is 0 Å². The Morgan fingerprint density at radius 3 is 2.45 bits per heavy atom. The lowest BCUT2D eigenvalue weighted by Crippen LogP contribution is -2.26. The van der Waals surface area contributed by atoms with Gasteiger partial charge in [-0.3, -0.25) is 9.78 Å². The van der Waals surface area contributed by atoms with E-state index >= 15 is 0 Å². The standard InChI is InChI=1S/C16H17NO2S/c1-16(2,15(18)19)20-14-7-5-12(6-8-14)10-13-4-3-9-17-11-13/h3-9,11H,10H2,1-2H3,(H,18,19). The molecule has 3 nitrogen and oxygen atoms in total. The Balaban J connectivity index is 2.05. The average Bonchev–Trinajstić information content (AvgIpc) is 2.42. The van der Waals surface area contributed by atoms with Crippen LogP contribution in [0.4, 0.5) is 0 Å². The first-order valence-corrected chi connectivity index (χ1v) is 7.19. The van der Waals surface area contributed by atoms with E-state index in [0.717, 1.165) is 11.3 Å². The van der Waals surface area contributed by atoms with Gasteiger partial charge < -0.3 is 5.11 Å². The van der Waals surface area contributed by atoms with E-state index in [1.54, 1.807) is 20.0 Å². The van der Waals surface area contributed by atoms with Crippen LogP contribution in [0.5, 0.6) is 0 Å². The van der Waals surface area contributed by atoms with Gasteiger partial charge in [0.15, 0.2) is 0 Å². The molecule has 104 valence electrons. The van der Waals surface area contributed by atoms with Crippen LogP contribution in [-0.4, -0.2) is 20.8 Å². The predicted molar refractivity (Wildman–Crippen MR) is 81.1 cm³/mol. The second kappa shape index (κ2) is 6.09. The number of thioether (sulfide) groups is 1. The topological polar surface area (TPSA) is 50.2 Å². The first kappa shape index (κ1) is 14.6. The number of hydrogen-bond donors (Lipinski definition) is 1. The molecular weight excluding hydrogens is 270 g/mol. The van der Waals surface area contributed by atoms with Crippen LogP contribution < -0.4 is 0 Å². The van der Waals surface area contributed by atoms with Crippen molar-refractivity contribution < 1.29 is 9.90 Å². The molecule has 0 atom stereocenters. The fourth-order valence-corrected chi connectivity index (χ4v) is 2.70. The molecule has 0 spiro atoms.